The third-order valence-corrected chi connectivity index (χ3v) is 7.27. The molecule has 186 valence electrons. The molecule has 0 amide bonds. The summed E-state index contributed by atoms with van der Waals surface area (Å²) >= 11 is 1.30. The molecule has 1 atom stereocenters. The molecule has 0 spiro atoms. The zero-order valence-electron chi connectivity index (χ0n) is 20.8. The summed E-state index contributed by atoms with van der Waals surface area (Å²) in [6, 6.07) is 11.0. The SMILES string of the molecule is CCOC(=O)C1=C(C)N=c2s/c(=C\c3cc4c(cc3C)OCO4)c(=O)n2[C@@H]1c1ccc(N(C)C)cc1. The molecule has 0 aliphatic carbocycles. The van der Waals surface area contributed by atoms with Gasteiger partial charge in [-0.25, -0.2) is 9.79 Å². The monoisotopic (exact) mass is 505 g/mol. The molecule has 2 aromatic carbocycles. The minimum absolute atomic E-state index is 0.183. The van der Waals surface area contributed by atoms with E-state index < -0.39 is 12.0 Å². The van der Waals surface area contributed by atoms with Crippen molar-refractivity contribution in [2.45, 2.75) is 26.8 Å². The van der Waals surface area contributed by atoms with Crippen molar-refractivity contribution in [3.05, 3.63) is 84.0 Å². The maximum absolute atomic E-state index is 13.8. The van der Waals surface area contributed by atoms with E-state index in [1.807, 2.05) is 68.4 Å². The Morgan fingerprint density at radius 3 is 2.56 bits per heavy atom. The Balaban J connectivity index is 1.69. The van der Waals surface area contributed by atoms with E-state index in [9.17, 15) is 9.59 Å². The highest BCUT2D eigenvalue weighted by molar-refractivity contribution is 7.07. The van der Waals surface area contributed by atoms with E-state index in [1.165, 1.54) is 11.3 Å². The molecule has 0 radical (unpaired) electrons. The number of hydrogen-bond donors (Lipinski definition) is 0. The third-order valence-electron chi connectivity index (χ3n) is 6.29. The molecule has 0 unspecified atom stereocenters. The number of thiazole rings is 1. The van der Waals surface area contributed by atoms with Crippen molar-refractivity contribution >= 4 is 29.1 Å². The lowest BCUT2D eigenvalue weighted by atomic mass is 9.95. The highest BCUT2D eigenvalue weighted by Crippen LogP contribution is 2.35. The molecule has 8 nitrogen and oxygen atoms in total. The standard InChI is InChI=1S/C27H27N3O5S/c1-6-33-26(32)23-16(3)28-27-30(24(23)17-7-9-19(10-8-17)29(4)5)25(31)22(36-27)13-18-12-21-20(11-15(18)2)34-14-35-21/h7-13,24H,6,14H2,1-5H3/b22-13-/t24-/m1/s1. The summed E-state index contributed by atoms with van der Waals surface area (Å²) in [6.07, 6.45) is 1.84. The van der Waals surface area contributed by atoms with Crippen molar-refractivity contribution in [1.29, 1.82) is 0 Å². The average molecular weight is 506 g/mol. The van der Waals surface area contributed by atoms with Gasteiger partial charge in [-0.05, 0) is 67.8 Å². The van der Waals surface area contributed by atoms with Crippen molar-refractivity contribution in [3.8, 4) is 11.5 Å². The van der Waals surface area contributed by atoms with Crippen molar-refractivity contribution in [3.63, 3.8) is 0 Å². The van der Waals surface area contributed by atoms with Crippen LogP contribution in [-0.2, 0) is 9.53 Å². The minimum Gasteiger partial charge on any atom is -0.463 e. The first-order chi connectivity index (χ1) is 17.3. The van der Waals surface area contributed by atoms with Crippen LogP contribution in [0, 0.1) is 6.92 Å². The molecule has 0 N–H and O–H groups in total. The zero-order chi connectivity index (χ0) is 25.6. The fourth-order valence-corrected chi connectivity index (χ4v) is 5.46. The number of ether oxygens (including phenoxy) is 3. The van der Waals surface area contributed by atoms with Crippen molar-refractivity contribution in [1.82, 2.24) is 4.57 Å². The number of rotatable bonds is 5. The molecule has 36 heavy (non-hydrogen) atoms. The van der Waals surface area contributed by atoms with Gasteiger partial charge in [0.2, 0.25) is 6.79 Å². The van der Waals surface area contributed by atoms with Crippen LogP contribution in [0.25, 0.3) is 6.08 Å². The molecule has 5 rings (SSSR count). The number of benzene rings is 2. The van der Waals surface area contributed by atoms with Gasteiger partial charge in [0.15, 0.2) is 16.3 Å². The summed E-state index contributed by atoms with van der Waals surface area (Å²) in [5, 5.41) is 0. The molecule has 0 bridgehead atoms. The van der Waals surface area contributed by atoms with Gasteiger partial charge in [0.25, 0.3) is 5.56 Å². The summed E-state index contributed by atoms with van der Waals surface area (Å²) in [7, 11) is 3.93. The molecule has 3 heterocycles. The second kappa shape index (κ2) is 9.31. The second-order valence-corrected chi connectivity index (χ2v) is 9.86. The van der Waals surface area contributed by atoms with E-state index in [4.69, 9.17) is 14.2 Å². The molecule has 0 saturated carbocycles. The zero-order valence-corrected chi connectivity index (χ0v) is 21.6. The van der Waals surface area contributed by atoms with E-state index in [1.54, 1.807) is 18.4 Å². The minimum atomic E-state index is -0.642. The summed E-state index contributed by atoms with van der Waals surface area (Å²) in [4.78, 5) is 34.0. The number of fused-ring (bicyclic) bond motifs is 2. The van der Waals surface area contributed by atoms with Crippen LogP contribution in [0.3, 0.4) is 0 Å². The van der Waals surface area contributed by atoms with Crippen molar-refractivity contribution in [2.75, 3.05) is 32.4 Å². The lowest BCUT2D eigenvalue weighted by Gasteiger charge is -2.25. The summed E-state index contributed by atoms with van der Waals surface area (Å²) in [6.45, 7) is 5.92. The number of hydrogen-bond acceptors (Lipinski definition) is 8. The topological polar surface area (TPSA) is 82.4 Å². The van der Waals surface area contributed by atoms with E-state index in [0.29, 0.717) is 32.1 Å². The van der Waals surface area contributed by atoms with Gasteiger partial charge < -0.3 is 19.1 Å². The number of carbonyl (C=O) groups is 1. The van der Waals surface area contributed by atoms with Gasteiger partial charge in [-0.3, -0.25) is 9.36 Å². The average Bonchev–Trinajstić information content (AvgIpc) is 3.42. The first-order valence-corrected chi connectivity index (χ1v) is 12.5. The molecule has 0 fully saturated rings. The van der Waals surface area contributed by atoms with Crippen LogP contribution in [0.15, 0.2) is 57.5 Å². The van der Waals surface area contributed by atoms with Gasteiger partial charge in [0, 0.05) is 19.8 Å². The number of aryl methyl sites for hydroxylation is 1. The number of carbonyl (C=O) groups excluding carboxylic acids is 1. The highest BCUT2D eigenvalue weighted by Gasteiger charge is 2.33. The van der Waals surface area contributed by atoms with Crippen LogP contribution in [0.2, 0.25) is 0 Å². The maximum Gasteiger partial charge on any atom is 0.338 e. The molecular weight excluding hydrogens is 478 g/mol. The van der Waals surface area contributed by atoms with Crippen LogP contribution in [0.4, 0.5) is 5.69 Å². The van der Waals surface area contributed by atoms with E-state index in [-0.39, 0.29) is 19.0 Å². The molecule has 2 aliphatic heterocycles. The first kappa shape index (κ1) is 23.9. The van der Waals surface area contributed by atoms with Crippen LogP contribution >= 0.6 is 11.3 Å². The van der Waals surface area contributed by atoms with Crippen LogP contribution in [0.1, 0.15) is 36.6 Å². The molecule has 2 aliphatic rings. The number of aromatic nitrogens is 1. The van der Waals surface area contributed by atoms with E-state index in [2.05, 4.69) is 4.99 Å². The van der Waals surface area contributed by atoms with Gasteiger partial charge in [-0.15, -0.1) is 0 Å². The van der Waals surface area contributed by atoms with E-state index in [0.717, 1.165) is 22.4 Å². The Labute approximate surface area is 212 Å². The number of esters is 1. The maximum atomic E-state index is 13.8. The lowest BCUT2D eigenvalue weighted by molar-refractivity contribution is -0.139. The Morgan fingerprint density at radius 1 is 1.19 bits per heavy atom. The van der Waals surface area contributed by atoms with Crippen LogP contribution in [-0.4, -0.2) is 38.0 Å². The van der Waals surface area contributed by atoms with Crippen LogP contribution in [0.5, 0.6) is 11.5 Å². The predicted molar refractivity (Wildman–Crippen MR) is 138 cm³/mol. The van der Waals surface area contributed by atoms with Gasteiger partial charge in [-0.1, -0.05) is 23.5 Å². The highest BCUT2D eigenvalue weighted by atomic mass is 32.1. The Bertz CT molecular complexity index is 1560. The molecule has 1 aromatic heterocycles. The smallest absolute Gasteiger partial charge is 0.338 e. The lowest BCUT2D eigenvalue weighted by Crippen LogP contribution is -2.40. The fourth-order valence-electron chi connectivity index (χ4n) is 4.42. The first-order valence-electron chi connectivity index (χ1n) is 11.7. The van der Waals surface area contributed by atoms with Crippen molar-refractivity contribution < 1.29 is 19.0 Å². The number of nitrogens with zero attached hydrogens (tertiary/aromatic N) is 3. The molecule has 0 saturated heterocycles. The van der Waals surface area contributed by atoms with Crippen LogP contribution < -0.4 is 29.3 Å². The normalized spacial score (nSPS) is 16.6. The Morgan fingerprint density at radius 2 is 1.89 bits per heavy atom. The molecular formula is C27H27N3O5S. The number of anilines is 1. The predicted octanol–water partition coefficient (Wildman–Crippen LogP) is 2.90. The van der Waals surface area contributed by atoms with Gasteiger partial charge in [0.05, 0.1) is 28.5 Å². The molecule has 3 aromatic rings. The van der Waals surface area contributed by atoms with Gasteiger partial charge >= 0.3 is 5.97 Å². The Kier molecular flexibility index (Phi) is 6.17. The fraction of sp³-hybridized carbons (Fsp3) is 0.296. The Hall–Kier alpha value is -3.85. The number of allylic oxidation sites excluding steroid dienone is 1. The molecule has 9 heteroatoms. The summed E-state index contributed by atoms with van der Waals surface area (Å²) < 4.78 is 18.5. The van der Waals surface area contributed by atoms with E-state index >= 15 is 0 Å². The third kappa shape index (κ3) is 4.09. The summed E-state index contributed by atoms with van der Waals surface area (Å²) in [5.41, 5.74) is 4.34. The largest absolute Gasteiger partial charge is 0.463 e. The van der Waals surface area contributed by atoms with Gasteiger partial charge in [0.1, 0.15) is 0 Å². The second-order valence-electron chi connectivity index (χ2n) is 8.85. The quantitative estimate of drug-likeness (QED) is 0.496. The summed E-state index contributed by atoms with van der Waals surface area (Å²) in [5.74, 6) is 0.877. The van der Waals surface area contributed by atoms with Gasteiger partial charge in [-0.2, -0.15) is 0 Å². The van der Waals surface area contributed by atoms with Crippen molar-refractivity contribution in [2.24, 2.45) is 4.99 Å².